The maximum absolute atomic E-state index is 12.7. The lowest BCUT2D eigenvalue weighted by molar-refractivity contribution is -0.115. The lowest BCUT2D eigenvalue weighted by Gasteiger charge is -2.25. The van der Waals surface area contributed by atoms with E-state index in [2.05, 4.69) is 5.32 Å². The van der Waals surface area contributed by atoms with E-state index in [1.165, 1.54) is 11.2 Å². The molecule has 0 aliphatic carbocycles. The van der Waals surface area contributed by atoms with Crippen LogP contribution >= 0.6 is 11.3 Å². The van der Waals surface area contributed by atoms with Gasteiger partial charge in [-0.2, -0.15) is 4.31 Å². The van der Waals surface area contributed by atoms with Crippen LogP contribution in [0.5, 0.6) is 0 Å². The third-order valence-electron chi connectivity index (χ3n) is 4.43. The van der Waals surface area contributed by atoms with Crippen LogP contribution in [0, 0.1) is 0 Å². The number of benzene rings is 1. The highest BCUT2D eigenvalue weighted by molar-refractivity contribution is 7.91. The molecule has 1 amide bonds. The third-order valence-corrected chi connectivity index (χ3v) is 7.89. The summed E-state index contributed by atoms with van der Waals surface area (Å²) in [6.07, 6.45) is 2.93. The highest BCUT2D eigenvalue weighted by atomic mass is 32.2. The molecule has 1 saturated heterocycles. The van der Waals surface area contributed by atoms with E-state index in [1.807, 2.05) is 0 Å². The lowest BCUT2D eigenvalue weighted by Crippen LogP contribution is -2.35. The molecular formula is C19H22N2O4S2. The standard InChI is InChI=1S/C19H22N2O4S2/c1-14(22)15-6-5-7-16(12-15)20-18(23)13-17-8-9-19(26-17)27(24,25)21-10-3-2-4-11-21/h5-9,12H,2-4,10-11,13H2,1H3,(H,20,23). The Bertz CT molecular complexity index is 944. The molecule has 3 rings (SSSR count). The molecule has 27 heavy (non-hydrogen) atoms. The minimum Gasteiger partial charge on any atom is -0.326 e. The Hall–Kier alpha value is -2.03. The predicted molar refractivity (Wildman–Crippen MR) is 106 cm³/mol. The van der Waals surface area contributed by atoms with E-state index in [0.717, 1.165) is 30.6 Å². The van der Waals surface area contributed by atoms with Crippen LogP contribution in [-0.4, -0.2) is 37.5 Å². The Balaban J connectivity index is 1.66. The van der Waals surface area contributed by atoms with Gasteiger partial charge in [0.25, 0.3) is 10.0 Å². The van der Waals surface area contributed by atoms with Crippen molar-refractivity contribution in [3.05, 3.63) is 46.8 Å². The van der Waals surface area contributed by atoms with E-state index in [0.29, 0.717) is 29.2 Å². The second-order valence-electron chi connectivity index (χ2n) is 6.55. The van der Waals surface area contributed by atoms with Gasteiger partial charge in [0.15, 0.2) is 5.78 Å². The monoisotopic (exact) mass is 406 g/mol. The first-order chi connectivity index (χ1) is 12.9. The first-order valence-electron chi connectivity index (χ1n) is 8.86. The Morgan fingerprint density at radius 2 is 1.85 bits per heavy atom. The van der Waals surface area contributed by atoms with Gasteiger partial charge in [-0.1, -0.05) is 18.6 Å². The Morgan fingerprint density at radius 1 is 1.11 bits per heavy atom. The van der Waals surface area contributed by atoms with Crippen molar-refractivity contribution in [2.45, 2.75) is 36.8 Å². The molecule has 144 valence electrons. The lowest BCUT2D eigenvalue weighted by atomic mass is 10.1. The van der Waals surface area contributed by atoms with Gasteiger partial charge in [-0.15, -0.1) is 11.3 Å². The molecule has 6 nitrogen and oxygen atoms in total. The van der Waals surface area contributed by atoms with Crippen LogP contribution in [0.25, 0.3) is 0 Å². The number of thiophene rings is 1. The second-order valence-corrected chi connectivity index (χ2v) is 9.88. The van der Waals surface area contributed by atoms with Gasteiger partial charge in [0.2, 0.25) is 5.91 Å². The van der Waals surface area contributed by atoms with Crippen molar-refractivity contribution < 1.29 is 18.0 Å². The van der Waals surface area contributed by atoms with Crippen molar-refractivity contribution in [2.24, 2.45) is 0 Å². The number of anilines is 1. The molecule has 1 fully saturated rings. The molecule has 8 heteroatoms. The van der Waals surface area contributed by atoms with Gasteiger partial charge >= 0.3 is 0 Å². The maximum Gasteiger partial charge on any atom is 0.252 e. The fourth-order valence-corrected chi connectivity index (χ4v) is 6.03. The Kier molecular flexibility index (Phi) is 6.08. The minimum absolute atomic E-state index is 0.0723. The van der Waals surface area contributed by atoms with Gasteiger partial charge in [0.1, 0.15) is 4.21 Å². The summed E-state index contributed by atoms with van der Waals surface area (Å²) in [6, 6.07) is 10.0. The number of piperidine rings is 1. The predicted octanol–water partition coefficient (Wildman–Crippen LogP) is 3.31. The zero-order valence-corrected chi connectivity index (χ0v) is 16.7. The molecule has 0 bridgehead atoms. The van der Waals surface area contributed by atoms with Crippen LogP contribution in [-0.2, 0) is 21.2 Å². The molecule has 2 aromatic rings. The van der Waals surface area contributed by atoms with Crippen molar-refractivity contribution >= 4 is 38.7 Å². The topological polar surface area (TPSA) is 83.5 Å². The van der Waals surface area contributed by atoms with Crippen molar-refractivity contribution in [3.63, 3.8) is 0 Å². The Morgan fingerprint density at radius 3 is 2.56 bits per heavy atom. The van der Waals surface area contributed by atoms with Gasteiger partial charge in [-0.05, 0) is 44.0 Å². The number of carbonyl (C=O) groups excluding carboxylic acids is 2. The molecular weight excluding hydrogens is 384 g/mol. The van der Waals surface area contributed by atoms with Crippen molar-refractivity contribution in [2.75, 3.05) is 18.4 Å². The number of ketones is 1. The number of Topliss-reactive ketones (excluding diaryl/α,β-unsaturated/α-hetero) is 1. The summed E-state index contributed by atoms with van der Waals surface area (Å²) in [7, 11) is -3.47. The van der Waals surface area contributed by atoms with E-state index in [9.17, 15) is 18.0 Å². The zero-order chi connectivity index (χ0) is 19.4. The third kappa shape index (κ3) is 4.82. The smallest absolute Gasteiger partial charge is 0.252 e. The number of nitrogens with zero attached hydrogens (tertiary/aromatic N) is 1. The van der Waals surface area contributed by atoms with Gasteiger partial charge in [0.05, 0.1) is 6.42 Å². The quantitative estimate of drug-likeness (QED) is 0.746. The molecule has 2 heterocycles. The summed E-state index contributed by atoms with van der Waals surface area (Å²) in [5, 5.41) is 2.75. The summed E-state index contributed by atoms with van der Waals surface area (Å²) in [6.45, 7) is 2.59. The first-order valence-corrected chi connectivity index (χ1v) is 11.1. The Labute approximate surface area is 163 Å². The summed E-state index contributed by atoms with van der Waals surface area (Å²) in [5.74, 6) is -0.323. The average molecular weight is 407 g/mol. The minimum atomic E-state index is -3.47. The van der Waals surface area contributed by atoms with Gasteiger partial charge in [0, 0.05) is 29.2 Å². The van der Waals surface area contributed by atoms with Crippen LogP contribution in [0.2, 0.25) is 0 Å². The number of nitrogens with one attached hydrogen (secondary N) is 1. The van der Waals surface area contributed by atoms with Gasteiger partial charge in [-0.25, -0.2) is 8.42 Å². The highest BCUT2D eigenvalue weighted by Crippen LogP contribution is 2.27. The van der Waals surface area contributed by atoms with Crippen LogP contribution < -0.4 is 5.32 Å². The number of hydrogen-bond donors (Lipinski definition) is 1. The van der Waals surface area contributed by atoms with Gasteiger partial charge < -0.3 is 5.32 Å². The molecule has 1 aromatic heterocycles. The molecule has 0 radical (unpaired) electrons. The number of sulfonamides is 1. The van der Waals surface area contributed by atoms with Gasteiger partial charge in [-0.3, -0.25) is 9.59 Å². The molecule has 0 atom stereocenters. The summed E-state index contributed by atoms with van der Waals surface area (Å²) >= 11 is 1.14. The van der Waals surface area contributed by atoms with E-state index in [4.69, 9.17) is 0 Å². The average Bonchev–Trinajstić information content (AvgIpc) is 3.11. The number of rotatable bonds is 6. The number of hydrogen-bond acceptors (Lipinski definition) is 5. The molecule has 1 aromatic carbocycles. The zero-order valence-electron chi connectivity index (χ0n) is 15.1. The maximum atomic E-state index is 12.7. The summed E-state index contributed by atoms with van der Waals surface area (Å²) in [5.41, 5.74) is 1.07. The molecule has 0 unspecified atom stereocenters. The van der Waals surface area contributed by atoms with E-state index >= 15 is 0 Å². The molecule has 0 saturated carbocycles. The summed E-state index contributed by atoms with van der Waals surface area (Å²) < 4.78 is 27.2. The first kappa shape index (κ1) is 19.7. The molecule has 1 aliphatic heterocycles. The van der Waals surface area contributed by atoms with Crippen molar-refractivity contribution in [1.82, 2.24) is 4.31 Å². The largest absolute Gasteiger partial charge is 0.326 e. The van der Waals surface area contributed by atoms with Crippen LogP contribution in [0.3, 0.4) is 0 Å². The van der Waals surface area contributed by atoms with Crippen molar-refractivity contribution in [3.8, 4) is 0 Å². The fourth-order valence-electron chi connectivity index (χ4n) is 3.00. The molecule has 0 spiro atoms. The normalized spacial score (nSPS) is 15.4. The van der Waals surface area contributed by atoms with Crippen LogP contribution in [0.15, 0.2) is 40.6 Å². The highest BCUT2D eigenvalue weighted by Gasteiger charge is 2.27. The molecule has 1 aliphatic rings. The second kappa shape index (κ2) is 8.33. The van der Waals surface area contributed by atoms with E-state index in [1.54, 1.807) is 36.4 Å². The summed E-state index contributed by atoms with van der Waals surface area (Å²) in [4.78, 5) is 24.4. The van der Waals surface area contributed by atoms with Crippen LogP contribution in [0.1, 0.15) is 41.4 Å². The van der Waals surface area contributed by atoms with Crippen LogP contribution in [0.4, 0.5) is 5.69 Å². The van der Waals surface area contributed by atoms with E-state index in [-0.39, 0.29) is 22.3 Å². The number of amides is 1. The van der Waals surface area contributed by atoms with E-state index < -0.39 is 10.0 Å². The molecule has 1 N–H and O–H groups in total. The SMILES string of the molecule is CC(=O)c1cccc(NC(=O)Cc2ccc(S(=O)(=O)N3CCCCC3)s2)c1. The number of carbonyl (C=O) groups is 2. The van der Waals surface area contributed by atoms with Crippen molar-refractivity contribution in [1.29, 1.82) is 0 Å². The fraction of sp³-hybridized carbons (Fsp3) is 0.368.